The number of halogens is 2. The van der Waals surface area contributed by atoms with E-state index in [4.69, 9.17) is 28.3 Å². The van der Waals surface area contributed by atoms with E-state index in [1.807, 2.05) is 0 Å². The first-order valence-electron chi connectivity index (χ1n) is 4.77. The van der Waals surface area contributed by atoms with Crippen LogP contribution in [0.1, 0.15) is 16.1 Å². The number of benzene rings is 1. The summed E-state index contributed by atoms with van der Waals surface area (Å²) in [6.45, 7) is 0.382. The fraction of sp³-hybridized carbons (Fsp3) is 0.0909. The van der Waals surface area contributed by atoms with Gasteiger partial charge in [0, 0.05) is 16.2 Å². The molecule has 1 aromatic carbocycles. The zero-order valence-corrected chi connectivity index (χ0v) is 10.1. The Hall–Kier alpha value is -1.52. The molecule has 1 N–H and O–H groups in total. The smallest absolute Gasteiger partial charge is 0.356 e. The van der Waals surface area contributed by atoms with E-state index in [0.29, 0.717) is 16.6 Å². The summed E-state index contributed by atoms with van der Waals surface area (Å²) in [5.74, 6) is -1.05. The number of aromatic carboxylic acids is 1. The number of hydrogen-bond acceptors (Lipinski definition) is 2. The SMILES string of the molecule is O=C(O)c1ccn(Cc2cc(Cl)ccc2Cl)n1. The third kappa shape index (κ3) is 2.78. The lowest BCUT2D eigenvalue weighted by Crippen LogP contribution is -2.04. The van der Waals surface area contributed by atoms with Crippen LogP contribution in [0.3, 0.4) is 0 Å². The van der Waals surface area contributed by atoms with Crippen molar-refractivity contribution >= 4 is 29.2 Å². The molecule has 0 radical (unpaired) electrons. The second-order valence-corrected chi connectivity index (χ2v) is 4.28. The standard InChI is InChI=1S/C11H8Cl2N2O2/c12-8-1-2-9(13)7(5-8)6-15-4-3-10(14-15)11(16)17/h1-5H,6H2,(H,16,17). The Kier molecular flexibility index (Phi) is 3.36. The van der Waals surface area contributed by atoms with E-state index in [-0.39, 0.29) is 5.69 Å². The summed E-state index contributed by atoms with van der Waals surface area (Å²) in [7, 11) is 0. The minimum atomic E-state index is -1.05. The highest BCUT2D eigenvalue weighted by molar-refractivity contribution is 6.33. The highest BCUT2D eigenvalue weighted by Gasteiger charge is 2.08. The van der Waals surface area contributed by atoms with E-state index in [1.165, 1.54) is 10.7 Å². The van der Waals surface area contributed by atoms with E-state index >= 15 is 0 Å². The van der Waals surface area contributed by atoms with Gasteiger partial charge in [0.25, 0.3) is 0 Å². The maximum Gasteiger partial charge on any atom is 0.356 e. The fourth-order valence-electron chi connectivity index (χ4n) is 1.40. The van der Waals surface area contributed by atoms with Gasteiger partial charge in [-0.05, 0) is 29.8 Å². The molecule has 0 amide bonds. The van der Waals surface area contributed by atoms with Crippen LogP contribution in [0.4, 0.5) is 0 Å². The summed E-state index contributed by atoms with van der Waals surface area (Å²) in [5, 5.41) is 13.8. The quantitative estimate of drug-likeness (QED) is 0.933. The molecule has 0 unspecified atom stereocenters. The van der Waals surface area contributed by atoms with Crippen LogP contribution < -0.4 is 0 Å². The average molecular weight is 271 g/mol. The molecule has 2 rings (SSSR count). The van der Waals surface area contributed by atoms with Crippen molar-refractivity contribution in [1.82, 2.24) is 9.78 Å². The lowest BCUT2D eigenvalue weighted by Gasteiger charge is -2.04. The van der Waals surface area contributed by atoms with Crippen molar-refractivity contribution in [2.24, 2.45) is 0 Å². The van der Waals surface area contributed by atoms with Crippen molar-refractivity contribution in [3.05, 3.63) is 51.8 Å². The molecular weight excluding hydrogens is 263 g/mol. The number of aromatic nitrogens is 2. The molecule has 0 atom stereocenters. The van der Waals surface area contributed by atoms with Crippen LogP contribution in [-0.2, 0) is 6.54 Å². The van der Waals surface area contributed by atoms with Gasteiger partial charge in [0.2, 0.25) is 0 Å². The maximum atomic E-state index is 10.7. The first-order valence-corrected chi connectivity index (χ1v) is 5.52. The van der Waals surface area contributed by atoms with Crippen molar-refractivity contribution in [1.29, 1.82) is 0 Å². The molecule has 0 aliphatic heterocycles. The van der Waals surface area contributed by atoms with Crippen LogP contribution in [0.5, 0.6) is 0 Å². The summed E-state index contributed by atoms with van der Waals surface area (Å²) >= 11 is 11.9. The predicted molar refractivity (Wildman–Crippen MR) is 64.8 cm³/mol. The lowest BCUT2D eigenvalue weighted by atomic mass is 10.2. The Balaban J connectivity index is 2.25. The van der Waals surface area contributed by atoms with Crippen LogP contribution >= 0.6 is 23.2 Å². The number of hydrogen-bond donors (Lipinski definition) is 1. The fourth-order valence-corrected chi connectivity index (χ4v) is 1.77. The molecule has 0 aliphatic rings. The van der Waals surface area contributed by atoms with Gasteiger partial charge in [-0.25, -0.2) is 4.79 Å². The molecule has 0 spiro atoms. The van der Waals surface area contributed by atoms with E-state index in [0.717, 1.165) is 5.56 Å². The molecule has 1 heterocycles. The minimum Gasteiger partial charge on any atom is -0.476 e. The molecule has 0 bridgehead atoms. The summed E-state index contributed by atoms with van der Waals surface area (Å²) in [6.07, 6.45) is 1.58. The third-order valence-corrected chi connectivity index (χ3v) is 2.80. The molecule has 0 saturated carbocycles. The van der Waals surface area contributed by atoms with E-state index in [2.05, 4.69) is 5.10 Å². The second kappa shape index (κ2) is 4.77. The summed E-state index contributed by atoms with van der Waals surface area (Å²) < 4.78 is 1.50. The first-order chi connectivity index (χ1) is 8.06. The Morgan fingerprint density at radius 2 is 2.12 bits per heavy atom. The number of carboxylic acid groups (broad SMARTS) is 1. The van der Waals surface area contributed by atoms with Gasteiger partial charge in [0.15, 0.2) is 5.69 Å². The predicted octanol–water partition coefficient (Wildman–Crippen LogP) is 2.94. The zero-order chi connectivity index (χ0) is 12.4. The highest BCUT2D eigenvalue weighted by Crippen LogP contribution is 2.21. The van der Waals surface area contributed by atoms with E-state index in [9.17, 15) is 4.79 Å². The van der Waals surface area contributed by atoms with Crippen molar-refractivity contribution in [3.8, 4) is 0 Å². The van der Waals surface area contributed by atoms with Gasteiger partial charge in [-0.2, -0.15) is 5.10 Å². The number of rotatable bonds is 3. The van der Waals surface area contributed by atoms with Gasteiger partial charge < -0.3 is 5.11 Å². The van der Waals surface area contributed by atoms with Crippen molar-refractivity contribution in [2.45, 2.75) is 6.54 Å². The lowest BCUT2D eigenvalue weighted by molar-refractivity contribution is 0.0689. The third-order valence-electron chi connectivity index (χ3n) is 2.20. The normalized spacial score (nSPS) is 10.5. The van der Waals surface area contributed by atoms with Gasteiger partial charge in [0.05, 0.1) is 6.54 Å². The summed E-state index contributed by atoms with van der Waals surface area (Å²) in [4.78, 5) is 10.7. The van der Waals surface area contributed by atoms with Crippen LogP contribution in [0.15, 0.2) is 30.5 Å². The Labute approximate surface area is 107 Å². The van der Waals surface area contributed by atoms with E-state index < -0.39 is 5.97 Å². The van der Waals surface area contributed by atoms with Gasteiger partial charge in [0.1, 0.15) is 0 Å². The maximum absolute atomic E-state index is 10.7. The van der Waals surface area contributed by atoms with Gasteiger partial charge in [-0.1, -0.05) is 23.2 Å². The van der Waals surface area contributed by atoms with Crippen molar-refractivity contribution in [3.63, 3.8) is 0 Å². The Bertz CT molecular complexity index is 566. The topological polar surface area (TPSA) is 55.1 Å². The average Bonchev–Trinajstić information content (AvgIpc) is 2.72. The molecular formula is C11H8Cl2N2O2. The number of nitrogens with zero attached hydrogens (tertiary/aromatic N) is 2. The molecule has 0 saturated heterocycles. The summed E-state index contributed by atoms with van der Waals surface area (Å²) in [6, 6.07) is 6.55. The monoisotopic (exact) mass is 270 g/mol. The van der Waals surface area contributed by atoms with Crippen LogP contribution in [0.25, 0.3) is 0 Å². The summed E-state index contributed by atoms with van der Waals surface area (Å²) in [5.41, 5.74) is 0.794. The molecule has 1 aromatic heterocycles. The van der Waals surface area contributed by atoms with Crippen LogP contribution in [0, 0.1) is 0 Å². The molecule has 0 aliphatic carbocycles. The molecule has 88 valence electrons. The number of carbonyl (C=O) groups is 1. The molecule has 2 aromatic rings. The van der Waals surface area contributed by atoms with Crippen molar-refractivity contribution < 1.29 is 9.90 Å². The van der Waals surface area contributed by atoms with Crippen molar-refractivity contribution in [2.75, 3.05) is 0 Å². The first kappa shape index (κ1) is 12.0. The second-order valence-electron chi connectivity index (χ2n) is 3.44. The minimum absolute atomic E-state index is 0.00292. The highest BCUT2D eigenvalue weighted by atomic mass is 35.5. The van der Waals surface area contributed by atoms with Gasteiger partial charge in [-0.3, -0.25) is 4.68 Å². The van der Waals surface area contributed by atoms with Gasteiger partial charge >= 0.3 is 5.97 Å². The molecule has 17 heavy (non-hydrogen) atoms. The van der Waals surface area contributed by atoms with E-state index in [1.54, 1.807) is 24.4 Å². The molecule has 6 heteroatoms. The molecule has 4 nitrogen and oxygen atoms in total. The van der Waals surface area contributed by atoms with Gasteiger partial charge in [-0.15, -0.1) is 0 Å². The largest absolute Gasteiger partial charge is 0.476 e. The zero-order valence-electron chi connectivity index (χ0n) is 8.60. The van der Waals surface area contributed by atoms with Crippen LogP contribution in [-0.4, -0.2) is 20.9 Å². The van der Waals surface area contributed by atoms with Crippen LogP contribution in [0.2, 0.25) is 10.0 Å². The Morgan fingerprint density at radius 3 is 2.76 bits per heavy atom. The Morgan fingerprint density at radius 1 is 1.35 bits per heavy atom. The molecule has 0 fully saturated rings. The number of carboxylic acids is 1.